The summed E-state index contributed by atoms with van der Waals surface area (Å²) in [6, 6.07) is 0. The van der Waals surface area contributed by atoms with Crippen molar-refractivity contribution in [1.82, 2.24) is 0 Å². The van der Waals surface area contributed by atoms with Gasteiger partial charge in [0.15, 0.2) is 0 Å². The van der Waals surface area contributed by atoms with Crippen LogP contribution in [-0.2, 0) is 0 Å². The molecule has 0 aliphatic carbocycles. The van der Waals surface area contributed by atoms with E-state index >= 15 is 0 Å². The smallest absolute Gasteiger partial charge is 0.0540 e. The molecule has 1 unspecified atom stereocenters. The van der Waals surface area contributed by atoms with E-state index in [9.17, 15) is 5.11 Å². The molecule has 0 saturated carbocycles. The third-order valence-corrected chi connectivity index (χ3v) is 4.78. The standard InChI is InChI=1S/C21H44O/c1-3-5-7-9-11-12-14-16-18-20-21(22)19-17-15-13-10-8-6-4-2/h21-22H,3-20H2,1-2H3. The van der Waals surface area contributed by atoms with Crippen molar-refractivity contribution in [2.24, 2.45) is 0 Å². The lowest BCUT2D eigenvalue weighted by atomic mass is 10.0. The zero-order valence-corrected chi connectivity index (χ0v) is 15.8. The third-order valence-electron chi connectivity index (χ3n) is 4.78. The normalized spacial score (nSPS) is 12.7. The predicted molar refractivity (Wildman–Crippen MR) is 100 cm³/mol. The highest BCUT2D eigenvalue weighted by Crippen LogP contribution is 2.15. The molecule has 134 valence electrons. The third kappa shape index (κ3) is 18.0. The van der Waals surface area contributed by atoms with Gasteiger partial charge in [-0.05, 0) is 12.8 Å². The summed E-state index contributed by atoms with van der Waals surface area (Å²) in [4.78, 5) is 0. The number of hydrogen-bond donors (Lipinski definition) is 1. The van der Waals surface area contributed by atoms with Gasteiger partial charge < -0.3 is 5.11 Å². The van der Waals surface area contributed by atoms with E-state index < -0.39 is 0 Å². The number of unbranched alkanes of at least 4 members (excludes halogenated alkanes) is 14. The molecule has 0 rings (SSSR count). The maximum Gasteiger partial charge on any atom is 0.0540 e. The fraction of sp³-hybridized carbons (Fsp3) is 1.00. The first-order valence-corrected chi connectivity index (χ1v) is 10.5. The molecule has 1 atom stereocenters. The lowest BCUT2D eigenvalue weighted by Gasteiger charge is -2.10. The van der Waals surface area contributed by atoms with Crippen molar-refractivity contribution >= 4 is 0 Å². The zero-order chi connectivity index (χ0) is 16.3. The fourth-order valence-corrected chi connectivity index (χ4v) is 3.17. The van der Waals surface area contributed by atoms with Gasteiger partial charge in [0.1, 0.15) is 0 Å². The first-order chi connectivity index (χ1) is 10.8. The SMILES string of the molecule is CCCCCCCCCCCC(O)CCCCCCCCC. The summed E-state index contributed by atoms with van der Waals surface area (Å²) < 4.78 is 0. The van der Waals surface area contributed by atoms with Gasteiger partial charge >= 0.3 is 0 Å². The quantitative estimate of drug-likeness (QED) is 0.261. The molecule has 1 N–H and O–H groups in total. The first-order valence-electron chi connectivity index (χ1n) is 10.5. The van der Waals surface area contributed by atoms with Crippen LogP contribution in [0.4, 0.5) is 0 Å². The molecule has 0 spiro atoms. The number of hydrogen-bond acceptors (Lipinski definition) is 1. The van der Waals surface area contributed by atoms with Gasteiger partial charge in [-0.3, -0.25) is 0 Å². The average molecular weight is 313 g/mol. The van der Waals surface area contributed by atoms with Crippen molar-refractivity contribution in [2.45, 2.75) is 136 Å². The number of aliphatic hydroxyl groups excluding tert-OH is 1. The summed E-state index contributed by atoms with van der Waals surface area (Å²) in [6.07, 6.45) is 23.8. The topological polar surface area (TPSA) is 20.2 Å². The molecule has 0 amide bonds. The summed E-state index contributed by atoms with van der Waals surface area (Å²) in [6.45, 7) is 4.54. The van der Waals surface area contributed by atoms with Crippen LogP contribution in [0.15, 0.2) is 0 Å². The van der Waals surface area contributed by atoms with Crippen molar-refractivity contribution in [3.05, 3.63) is 0 Å². The Morgan fingerprint density at radius 1 is 0.455 bits per heavy atom. The molecule has 0 aromatic rings. The van der Waals surface area contributed by atoms with E-state index in [1.165, 1.54) is 103 Å². The maximum atomic E-state index is 9.99. The minimum absolute atomic E-state index is 0.0276. The molecule has 0 aromatic carbocycles. The fourth-order valence-electron chi connectivity index (χ4n) is 3.17. The highest BCUT2D eigenvalue weighted by Gasteiger charge is 2.03. The highest BCUT2D eigenvalue weighted by atomic mass is 16.3. The maximum absolute atomic E-state index is 9.99. The second kappa shape index (κ2) is 19.0. The lowest BCUT2D eigenvalue weighted by molar-refractivity contribution is 0.147. The molecule has 0 fully saturated rings. The molecule has 1 nitrogen and oxygen atoms in total. The van der Waals surface area contributed by atoms with Crippen LogP contribution >= 0.6 is 0 Å². The van der Waals surface area contributed by atoms with E-state index in [4.69, 9.17) is 0 Å². The minimum Gasteiger partial charge on any atom is -0.393 e. The van der Waals surface area contributed by atoms with Gasteiger partial charge in [0.25, 0.3) is 0 Å². The van der Waals surface area contributed by atoms with Crippen LogP contribution in [0.3, 0.4) is 0 Å². The van der Waals surface area contributed by atoms with Crippen molar-refractivity contribution in [2.75, 3.05) is 0 Å². The van der Waals surface area contributed by atoms with Crippen molar-refractivity contribution in [3.8, 4) is 0 Å². The van der Waals surface area contributed by atoms with Crippen LogP contribution in [0, 0.1) is 0 Å². The summed E-state index contributed by atoms with van der Waals surface area (Å²) >= 11 is 0. The van der Waals surface area contributed by atoms with E-state index in [-0.39, 0.29) is 6.10 Å². The zero-order valence-electron chi connectivity index (χ0n) is 15.8. The average Bonchev–Trinajstić information content (AvgIpc) is 2.52. The van der Waals surface area contributed by atoms with E-state index in [1.807, 2.05) is 0 Å². The molecule has 0 aliphatic rings. The second-order valence-corrected chi connectivity index (χ2v) is 7.18. The van der Waals surface area contributed by atoms with Crippen molar-refractivity contribution in [1.29, 1.82) is 0 Å². The molecule has 0 radical (unpaired) electrons. The van der Waals surface area contributed by atoms with Crippen LogP contribution in [0.25, 0.3) is 0 Å². The molecular weight excluding hydrogens is 268 g/mol. The van der Waals surface area contributed by atoms with Gasteiger partial charge in [-0.25, -0.2) is 0 Å². The van der Waals surface area contributed by atoms with Crippen LogP contribution < -0.4 is 0 Å². The van der Waals surface area contributed by atoms with E-state index in [0.29, 0.717) is 0 Å². The van der Waals surface area contributed by atoms with E-state index in [2.05, 4.69) is 13.8 Å². The summed E-state index contributed by atoms with van der Waals surface area (Å²) in [5.41, 5.74) is 0. The van der Waals surface area contributed by atoms with Gasteiger partial charge in [0.05, 0.1) is 6.10 Å². The predicted octanol–water partition coefficient (Wildman–Crippen LogP) is 7.41. The molecule has 0 aromatic heterocycles. The Hall–Kier alpha value is -0.0400. The number of rotatable bonds is 18. The Morgan fingerprint density at radius 3 is 1.05 bits per heavy atom. The Labute approximate surface area is 141 Å². The van der Waals surface area contributed by atoms with Crippen LogP contribution in [-0.4, -0.2) is 11.2 Å². The Bertz CT molecular complexity index is 190. The molecule has 1 heteroatoms. The summed E-state index contributed by atoms with van der Waals surface area (Å²) in [5.74, 6) is 0. The van der Waals surface area contributed by atoms with Gasteiger partial charge in [0.2, 0.25) is 0 Å². The minimum atomic E-state index is -0.0276. The number of aliphatic hydroxyl groups is 1. The lowest BCUT2D eigenvalue weighted by Crippen LogP contribution is -2.05. The first kappa shape index (κ1) is 22.0. The molecule has 0 saturated heterocycles. The summed E-state index contributed by atoms with van der Waals surface area (Å²) in [7, 11) is 0. The second-order valence-electron chi connectivity index (χ2n) is 7.18. The highest BCUT2D eigenvalue weighted by molar-refractivity contribution is 4.57. The van der Waals surface area contributed by atoms with Crippen molar-refractivity contribution in [3.63, 3.8) is 0 Å². The van der Waals surface area contributed by atoms with Gasteiger partial charge in [-0.15, -0.1) is 0 Å². The Morgan fingerprint density at radius 2 is 0.727 bits per heavy atom. The molecular formula is C21H44O. The van der Waals surface area contributed by atoms with Crippen molar-refractivity contribution < 1.29 is 5.11 Å². The largest absolute Gasteiger partial charge is 0.393 e. The van der Waals surface area contributed by atoms with Gasteiger partial charge in [-0.2, -0.15) is 0 Å². The molecule has 0 bridgehead atoms. The van der Waals surface area contributed by atoms with Gasteiger partial charge in [-0.1, -0.05) is 117 Å². The van der Waals surface area contributed by atoms with E-state index in [0.717, 1.165) is 12.8 Å². The van der Waals surface area contributed by atoms with Crippen LogP contribution in [0.1, 0.15) is 129 Å². The Kier molecular flexibility index (Phi) is 19.0. The summed E-state index contributed by atoms with van der Waals surface area (Å²) in [5, 5.41) is 9.99. The Balaban J connectivity index is 3.11. The molecule has 0 heterocycles. The molecule has 22 heavy (non-hydrogen) atoms. The van der Waals surface area contributed by atoms with Crippen LogP contribution in [0.5, 0.6) is 0 Å². The molecule has 0 aliphatic heterocycles. The van der Waals surface area contributed by atoms with E-state index in [1.54, 1.807) is 0 Å². The van der Waals surface area contributed by atoms with Gasteiger partial charge in [0, 0.05) is 0 Å². The van der Waals surface area contributed by atoms with Crippen LogP contribution in [0.2, 0.25) is 0 Å². The monoisotopic (exact) mass is 312 g/mol.